The molecular weight excluding hydrogens is 122 g/mol. The number of rotatable bonds is 3. The highest BCUT2D eigenvalue weighted by molar-refractivity contribution is 4.56. The number of hydrogen-bond acceptors (Lipinski definition) is 0. The average molecular weight is 136 g/mol. The fourth-order valence-electron chi connectivity index (χ4n) is 0.846. The predicted octanol–water partition coefficient (Wildman–Crippen LogP) is 2.93. The molecule has 0 spiro atoms. The standard InChI is InChI=1S/C7H14F2/c1-5(2)4-6(3)7(8)9/h5-7H,4H2,1-3H3/t6-/m0/s1. The zero-order valence-corrected chi connectivity index (χ0v) is 6.20. The van der Waals surface area contributed by atoms with Crippen molar-refractivity contribution in [3.8, 4) is 0 Å². The second-order valence-corrected chi connectivity index (χ2v) is 2.94. The van der Waals surface area contributed by atoms with Crippen molar-refractivity contribution in [3.63, 3.8) is 0 Å². The Labute approximate surface area is 55.3 Å². The van der Waals surface area contributed by atoms with Crippen LogP contribution in [0.3, 0.4) is 0 Å². The fraction of sp³-hybridized carbons (Fsp3) is 1.00. The van der Waals surface area contributed by atoms with Crippen molar-refractivity contribution in [2.24, 2.45) is 11.8 Å². The number of halogens is 2. The van der Waals surface area contributed by atoms with Gasteiger partial charge in [-0.2, -0.15) is 0 Å². The van der Waals surface area contributed by atoms with Crippen molar-refractivity contribution in [2.45, 2.75) is 33.6 Å². The van der Waals surface area contributed by atoms with Gasteiger partial charge in [-0.1, -0.05) is 20.8 Å². The summed E-state index contributed by atoms with van der Waals surface area (Å²) in [5.41, 5.74) is 0. The summed E-state index contributed by atoms with van der Waals surface area (Å²) in [4.78, 5) is 0. The lowest BCUT2D eigenvalue weighted by Crippen LogP contribution is -2.09. The van der Waals surface area contributed by atoms with Crippen LogP contribution >= 0.6 is 0 Å². The number of alkyl halides is 2. The normalized spacial score (nSPS) is 15.0. The maximum Gasteiger partial charge on any atom is 0.241 e. The van der Waals surface area contributed by atoms with Crippen LogP contribution in [0.4, 0.5) is 8.78 Å². The van der Waals surface area contributed by atoms with Gasteiger partial charge in [0, 0.05) is 5.92 Å². The van der Waals surface area contributed by atoms with Gasteiger partial charge in [0.05, 0.1) is 0 Å². The van der Waals surface area contributed by atoms with Gasteiger partial charge in [-0.25, -0.2) is 8.78 Å². The highest BCUT2D eigenvalue weighted by atomic mass is 19.3. The summed E-state index contributed by atoms with van der Waals surface area (Å²) in [5, 5.41) is 0. The first kappa shape index (κ1) is 8.86. The second-order valence-electron chi connectivity index (χ2n) is 2.94. The Morgan fingerprint density at radius 2 is 1.56 bits per heavy atom. The van der Waals surface area contributed by atoms with Gasteiger partial charge in [0.1, 0.15) is 0 Å². The topological polar surface area (TPSA) is 0 Å². The van der Waals surface area contributed by atoms with E-state index in [1.165, 1.54) is 0 Å². The predicted molar refractivity (Wildman–Crippen MR) is 34.6 cm³/mol. The third kappa shape index (κ3) is 4.37. The highest BCUT2D eigenvalue weighted by Gasteiger charge is 2.14. The van der Waals surface area contributed by atoms with Crippen LogP contribution in [0.25, 0.3) is 0 Å². The molecule has 0 saturated heterocycles. The highest BCUT2D eigenvalue weighted by Crippen LogP contribution is 2.17. The summed E-state index contributed by atoms with van der Waals surface area (Å²) in [6, 6.07) is 0. The van der Waals surface area contributed by atoms with E-state index < -0.39 is 12.3 Å². The molecule has 1 atom stereocenters. The number of hydrogen-bond donors (Lipinski definition) is 0. The van der Waals surface area contributed by atoms with Crippen LogP contribution < -0.4 is 0 Å². The molecule has 0 aromatic rings. The molecule has 0 aliphatic carbocycles. The molecule has 56 valence electrons. The fourth-order valence-corrected chi connectivity index (χ4v) is 0.846. The Morgan fingerprint density at radius 3 is 1.67 bits per heavy atom. The van der Waals surface area contributed by atoms with Crippen molar-refractivity contribution >= 4 is 0 Å². The summed E-state index contributed by atoms with van der Waals surface area (Å²) in [6.07, 6.45) is -1.52. The van der Waals surface area contributed by atoms with Gasteiger partial charge in [-0.15, -0.1) is 0 Å². The van der Waals surface area contributed by atoms with Crippen molar-refractivity contribution in [3.05, 3.63) is 0 Å². The van der Waals surface area contributed by atoms with Crippen molar-refractivity contribution in [1.82, 2.24) is 0 Å². The third-order valence-corrected chi connectivity index (χ3v) is 1.27. The van der Waals surface area contributed by atoms with Gasteiger partial charge >= 0.3 is 0 Å². The van der Waals surface area contributed by atoms with E-state index in [-0.39, 0.29) is 0 Å². The molecule has 0 amide bonds. The van der Waals surface area contributed by atoms with Gasteiger partial charge in [-0.05, 0) is 12.3 Å². The molecule has 9 heavy (non-hydrogen) atoms. The summed E-state index contributed by atoms with van der Waals surface area (Å²) in [7, 11) is 0. The van der Waals surface area contributed by atoms with E-state index in [0.29, 0.717) is 12.3 Å². The SMILES string of the molecule is CC(C)C[C@H](C)C(F)F. The van der Waals surface area contributed by atoms with Gasteiger partial charge in [0.2, 0.25) is 6.43 Å². The third-order valence-electron chi connectivity index (χ3n) is 1.27. The molecule has 0 rings (SSSR count). The molecule has 0 bridgehead atoms. The lowest BCUT2D eigenvalue weighted by Gasteiger charge is -2.11. The molecule has 0 saturated carbocycles. The van der Waals surface area contributed by atoms with Crippen molar-refractivity contribution in [2.75, 3.05) is 0 Å². The molecule has 0 unspecified atom stereocenters. The Balaban J connectivity index is 3.38. The van der Waals surface area contributed by atoms with Gasteiger partial charge in [0.15, 0.2) is 0 Å². The Morgan fingerprint density at radius 1 is 1.11 bits per heavy atom. The molecule has 0 aliphatic heterocycles. The Hall–Kier alpha value is -0.140. The molecule has 0 aromatic heterocycles. The van der Waals surface area contributed by atoms with Crippen LogP contribution in [0.15, 0.2) is 0 Å². The van der Waals surface area contributed by atoms with E-state index in [4.69, 9.17) is 0 Å². The quantitative estimate of drug-likeness (QED) is 0.559. The minimum absolute atomic E-state index is 0.383. The molecule has 0 heterocycles. The lowest BCUT2D eigenvalue weighted by molar-refractivity contribution is 0.0752. The molecule has 0 N–H and O–H groups in total. The minimum Gasteiger partial charge on any atom is -0.210 e. The van der Waals surface area contributed by atoms with Gasteiger partial charge in [-0.3, -0.25) is 0 Å². The summed E-state index contributed by atoms with van der Waals surface area (Å²) in [6.45, 7) is 5.50. The zero-order chi connectivity index (χ0) is 7.44. The van der Waals surface area contributed by atoms with Crippen LogP contribution in [0, 0.1) is 11.8 Å². The summed E-state index contributed by atoms with van der Waals surface area (Å²) < 4.78 is 23.6. The van der Waals surface area contributed by atoms with Gasteiger partial charge < -0.3 is 0 Å². The largest absolute Gasteiger partial charge is 0.241 e. The van der Waals surface area contributed by atoms with Crippen LogP contribution in [0.5, 0.6) is 0 Å². The molecule has 0 radical (unpaired) electrons. The maximum atomic E-state index is 11.8. The summed E-state index contributed by atoms with van der Waals surface area (Å²) >= 11 is 0. The smallest absolute Gasteiger partial charge is 0.210 e. The first-order valence-electron chi connectivity index (χ1n) is 3.32. The Kier molecular flexibility index (Phi) is 3.75. The van der Waals surface area contributed by atoms with Crippen LogP contribution in [-0.2, 0) is 0 Å². The van der Waals surface area contributed by atoms with Crippen LogP contribution in [-0.4, -0.2) is 6.43 Å². The second kappa shape index (κ2) is 3.80. The van der Waals surface area contributed by atoms with Crippen molar-refractivity contribution in [1.29, 1.82) is 0 Å². The summed E-state index contributed by atoms with van der Waals surface area (Å²) in [5.74, 6) is -0.0565. The van der Waals surface area contributed by atoms with Gasteiger partial charge in [0.25, 0.3) is 0 Å². The molecule has 0 nitrogen and oxygen atoms in total. The lowest BCUT2D eigenvalue weighted by atomic mass is 10.00. The molecular formula is C7H14F2. The zero-order valence-electron chi connectivity index (χ0n) is 6.20. The average Bonchev–Trinajstić information content (AvgIpc) is 1.63. The van der Waals surface area contributed by atoms with E-state index in [2.05, 4.69) is 0 Å². The Bertz CT molecular complexity index is 69.3. The van der Waals surface area contributed by atoms with Crippen LogP contribution in [0.1, 0.15) is 27.2 Å². The van der Waals surface area contributed by atoms with Crippen molar-refractivity contribution < 1.29 is 8.78 Å². The monoisotopic (exact) mass is 136 g/mol. The maximum absolute atomic E-state index is 11.8. The first-order valence-corrected chi connectivity index (χ1v) is 3.32. The first-order chi connectivity index (χ1) is 4.04. The minimum atomic E-state index is -2.15. The molecule has 2 heteroatoms. The molecule has 0 aromatic carbocycles. The van der Waals surface area contributed by atoms with Crippen LogP contribution in [0.2, 0.25) is 0 Å². The van der Waals surface area contributed by atoms with E-state index in [0.717, 1.165) is 0 Å². The molecule has 0 fully saturated rings. The van der Waals surface area contributed by atoms with E-state index >= 15 is 0 Å². The molecule has 0 aliphatic rings. The van der Waals surface area contributed by atoms with E-state index in [1.54, 1.807) is 6.92 Å². The van der Waals surface area contributed by atoms with E-state index in [1.807, 2.05) is 13.8 Å². The van der Waals surface area contributed by atoms with E-state index in [9.17, 15) is 8.78 Å².